The van der Waals surface area contributed by atoms with Crippen molar-refractivity contribution in [1.82, 2.24) is 0 Å². The Balaban J connectivity index is 1.57. The fraction of sp³-hybridized carbons (Fsp3) is 0.0357. The minimum atomic E-state index is -0.571. The first-order valence-electron chi connectivity index (χ1n) is 11.2. The first kappa shape index (κ1) is 23.8. The van der Waals surface area contributed by atoms with Crippen LogP contribution >= 0.6 is 12.2 Å². The van der Waals surface area contributed by atoms with E-state index in [2.05, 4.69) is 0 Å². The van der Waals surface area contributed by atoms with Gasteiger partial charge in [0.05, 0.1) is 16.3 Å². The van der Waals surface area contributed by atoms with Gasteiger partial charge in [0.1, 0.15) is 17.1 Å². The molecule has 1 saturated heterocycles. The summed E-state index contributed by atoms with van der Waals surface area (Å²) in [6.45, 7) is 1.74. The van der Waals surface area contributed by atoms with Crippen molar-refractivity contribution in [2.75, 3.05) is 9.80 Å². The molecule has 0 aliphatic carbocycles. The second-order valence-electron chi connectivity index (χ2n) is 8.25. The quantitative estimate of drug-likeness (QED) is 0.109. The van der Waals surface area contributed by atoms with Crippen LogP contribution in [0.15, 0.2) is 101 Å². The molecule has 2 amide bonds. The first-order chi connectivity index (χ1) is 17.8. The Bertz CT molecular complexity index is 1510. The largest absolute Gasteiger partial charge is 0.457 e. The van der Waals surface area contributed by atoms with Gasteiger partial charge in [-0.25, -0.2) is 0 Å². The maximum Gasteiger partial charge on any atom is 0.270 e. The molecule has 182 valence electrons. The van der Waals surface area contributed by atoms with Gasteiger partial charge in [0.15, 0.2) is 5.11 Å². The van der Waals surface area contributed by atoms with E-state index in [1.807, 2.05) is 12.1 Å². The van der Waals surface area contributed by atoms with Crippen LogP contribution in [0.25, 0.3) is 17.4 Å². The normalized spacial score (nSPS) is 13.8. The summed E-state index contributed by atoms with van der Waals surface area (Å²) >= 11 is 5.61. The standard InChI is InChI=1S/C28H19N3O5S/c1-18-16-21(31(34)35)12-14-23(18)25-15-13-22(36-25)17-24-26(32)29(19-8-4-2-5-9-19)28(37)30(27(24)33)20-10-6-3-7-11-20/h2-17H,1H3. The fourth-order valence-electron chi connectivity index (χ4n) is 4.09. The highest BCUT2D eigenvalue weighted by Crippen LogP contribution is 2.32. The van der Waals surface area contributed by atoms with E-state index in [0.717, 1.165) is 0 Å². The lowest BCUT2D eigenvalue weighted by Crippen LogP contribution is -2.56. The second kappa shape index (κ2) is 9.63. The number of hydrogen-bond donors (Lipinski definition) is 0. The van der Waals surface area contributed by atoms with Crippen molar-refractivity contribution in [2.24, 2.45) is 0 Å². The maximum absolute atomic E-state index is 13.6. The van der Waals surface area contributed by atoms with Gasteiger partial charge in [-0.05, 0) is 73.2 Å². The van der Waals surface area contributed by atoms with Gasteiger partial charge in [-0.2, -0.15) is 0 Å². The molecule has 1 aliphatic rings. The molecule has 1 fully saturated rings. The molecule has 2 heterocycles. The van der Waals surface area contributed by atoms with Crippen molar-refractivity contribution in [3.05, 3.63) is 118 Å². The molecule has 1 aliphatic heterocycles. The van der Waals surface area contributed by atoms with Gasteiger partial charge < -0.3 is 4.42 Å². The molecule has 5 rings (SSSR count). The third-order valence-electron chi connectivity index (χ3n) is 5.88. The van der Waals surface area contributed by atoms with Crippen molar-refractivity contribution in [3.63, 3.8) is 0 Å². The van der Waals surface area contributed by atoms with Gasteiger partial charge in [-0.1, -0.05) is 36.4 Å². The minimum Gasteiger partial charge on any atom is -0.457 e. The molecule has 0 N–H and O–H groups in total. The molecule has 9 heteroatoms. The average molecular weight is 510 g/mol. The summed E-state index contributed by atoms with van der Waals surface area (Å²) in [5, 5.41) is 11.1. The van der Waals surface area contributed by atoms with E-state index in [9.17, 15) is 19.7 Å². The van der Waals surface area contributed by atoms with Gasteiger partial charge >= 0.3 is 0 Å². The average Bonchev–Trinajstić information content (AvgIpc) is 3.36. The van der Waals surface area contributed by atoms with Crippen LogP contribution in [0.4, 0.5) is 17.1 Å². The van der Waals surface area contributed by atoms with Crippen molar-refractivity contribution >= 4 is 52.3 Å². The van der Waals surface area contributed by atoms with Crippen LogP contribution < -0.4 is 9.80 Å². The van der Waals surface area contributed by atoms with Crippen LogP contribution in [0.2, 0.25) is 0 Å². The Hall–Kier alpha value is -4.89. The highest BCUT2D eigenvalue weighted by atomic mass is 32.1. The van der Waals surface area contributed by atoms with Gasteiger partial charge in [0, 0.05) is 17.7 Å². The molecule has 0 spiro atoms. The highest BCUT2D eigenvalue weighted by molar-refractivity contribution is 7.81. The van der Waals surface area contributed by atoms with Crippen LogP contribution in [0.3, 0.4) is 0 Å². The zero-order valence-corrected chi connectivity index (χ0v) is 20.3. The molecule has 0 saturated carbocycles. The maximum atomic E-state index is 13.6. The third-order valence-corrected chi connectivity index (χ3v) is 6.24. The lowest BCUT2D eigenvalue weighted by atomic mass is 10.1. The number of rotatable bonds is 5. The molecule has 0 unspecified atom stereocenters. The van der Waals surface area contributed by atoms with Gasteiger partial charge in [-0.15, -0.1) is 0 Å². The van der Waals surface area contributed by atoms with Crippen molar-refractivity contribution < 1.29 is 18.9 Å². The number of hydrogen-bond acceptors (Lipinski definition) is 6. The summed E-state index contributed by atoms with van der Waals surface area (Å²) in [7, 11) is 0. The molecule has 3 aromatic carbocycles. The Kier molecular flexibility index (Phi) is 6.21. The smallest absolute Gasteiger partial charge is 0.270 e. The zero-order chi connectivity index (χ0) is 26.1. The van der Waals surface area contributed by atoms with Gasteiger partial charge in [0.25, 0.3) is 17.5 Å². The van der Waals surface area contributed by atoms with Crippen LogP contribution in [-0.2, 0) is 9.59 Å². The van der Waals surface area contributed by atoms with Gasteiger partial charge in [0.2, 0.25) is 0 Å². The number of aryl methyl sites for hydroxylation is 1. The lowest BCUT2D eigenvalue weighted by molar-refractivity contribution is -0.384. The van der Waals surface area contributed by atoms with E-state index >= 15 is 0 Å². The Morgan fingerprint density at radius 3 is 1.92 bits per heavy atom. The molecule has 37 heavy (non-hydrogen) atoms. The summed E-state index contributed by atoms with van der Waals surface area (Å²) in [6, 6.07) is 25.5. The lowest BCUT2D eigenvalue weighted by Gasteiger charge is -2.36. The number of para-hydroxylation sites is 2. The summed E-state index contributed by atoms with van der Waals surface area (Å²) in [5.74, 6) is -0.417. The van der Waals surface area contributed by atoms with Gasteiger partial charge in [-0.3, -0.25) is 29.5 Å². The minimum absolute atomic E-state index is 0.0217. The number of nitro benzene ring substituents is 1. The van der Waals surface area contributed by atoms with Crippen LogP contribution in [0, 0.1) is 17.0 Å². The SMILES string of the molecule is Cc1cc([N+](=O)[O-])ccc1-c1ccc(C=C2C(=O)N(c3ccccc3)C(=S)N(c3ccccc3)C2=O)o1. The van der Waals surface area contributed by atoms with E-state index in [1.165, 1.54) is 28.0 Å². The summed E-state index contributed by atoms with van der Waals surface area (Å²) < 4.78 is 5.94. The Morgan fingerprint density at radius 1 is 0.838 bits per heavy atom. The van der Waals surface area contributed by atoms with Crippen LogP contribution in [-0.4, -0.2) is 21.9 Å². The number of thiocarbonyl (C=S) groups is 1. The summed E-state index contributed by atoms with van der Waals surface area (Å²) in [6.07, 6.45) is 1.39. The number of amides is 2. The fourth-order valence-corrected chi connectivity index (χ4v) is 4.47. The Labute approximate surface area is 217 Å². The molecule has 0 radical (unpaired) electrons. The molecule has 1 aromatic heterocycles. The zero-order valence-electron chi connectivity index (χ0n) is 19.5. The second-order valence-corrected chi connectivity index (χ2v) is 8.62. The first-order valence-corrected chi connectivity index (χ1v) is 11.7. The number of carbonyl (C=O) groups is 2. The van der Waals surface area contributed by atoms with E-state index in [1.54, 1.807) is 73.7 Å². The summed E-state index contributed by atoms with van der Waals surface area (Å²) in [5.41, 5.74) is 2.23. The van der Waals surface area contributed by atoms with Crippen LogP contribution in [0.5, 0.6) is 0 Å². The molecule has 0 atom stereocenters. The Morgan fingerprint density at radius 2 is 1.41 bits per heavy atom. The number of non-ortho nitro benzene ring substituents is 1. The molecular weight excluding hydrogens is 490 g/mol. The van der Waals surface area contributed by atoms with E-state index in [4.69, 9.17) is 16.6 Å². The molecule has 8 nitrogen and oxygen atoms in total. The van der Waals surface area contributed by atoms with E-state index in [-0.39, 0.29) is 22.1 Å². The number of furan rings is 1. The topological polar surface area (TPSA) is 96.9 Å². The van der Waals surface area contributed by atoms with E-state index < -0.39 is 16.7 Å². The predicted molar refractivity (Wildman–Crippen MR) is 144 cm³/mol. The monoisotopic (exact) mass is 509 g/mol. The highest BCUT2D eigenvalue weighted by Gasteiger charge is 2.41. The number of nitrogens with zero attached hydrogens (tertiary/aromatic N) is 3. The van der Waals surface area contributed by atoms with E-state index in [0.29, 0.717) is 28.3 Å². The molecule has 0 bridgehead atoms. The summed E-state index contributed by atoms with van der Waals surface area (Å²) in [4.78, 5) is 40.4. The number of benzene rings is 3. The van der Waals surface area contributed by atoms with Crippen molar-refractivity contribution in [2.45, 2.75) is 6.92 Å². The van der Waals surface area contributed by atoms with Crippen molar-refractivity contribution in [1.29, 1.82) is 0 Å². The number of nitro groups is 1. The van der Waals surface area contributed by atoms with Crippen molar-refractivity contribution in [3.8, 4) is 11.3 Å². The molecular formula is C28H19N3O5S. The third kappa shape index (κ3) is 4.43. The number of anilines is 2. The number of carbonyl (C=O) groups excluding carboxylic acids is 2. The predicted octanol–water partition coefficient (Wildman–Crippen LogP) is 5.91. The molecule has 4 aromatic rings. The van der Waals surface area contributed by atoms with Crippen LogP contribution in [0.1, 0.15) is 11.3 Å².